The summed E-state index contributed by atoms with van der Waals surface area (Å²) in [5.74, 6) is 0. The van der Waals surface area contributed by atoms with Gasteiger partial charge in [-0.15, -0.1) is 0 Å². The predicted molar refractivity (Wildman–Crippen MR) is 139 cm³/mol. The maximum absolute atomic E-state index is 8.21. The second-order valence-electron chi connectivity index (χ2n) is 8.14. The summed E-state index contributed by atoms with van der Waals surface area (Å²) in [6.45, 7) is 4.22. The van der Waals surface area contributed by atoms with Gasteiger partial charge in [-0.25, -0.2) is 0 Å². The Hall–Kier alpha value is -4.04. The first-order chi connectivity index (χ1) is 15.6. The highest BCUT2D eigenvalue weighted by atomic mass is 14.5. The van der Waals surface area contributed by atoms with E-state index in [1.165, 1.54) is 33.0 Å². The third kappa shape index (κ3) is 3.12. The molecule has 4 aromatic rings. The van der Waals surface area contributed by atoms with E-state index < -0.39 is 0 Å². The molecule has 0 heterocycles. The molecule has 0 amide bonds. The second-order valence-corrected chi connectivity index (χ2v) is 8.14. The summed E-state index contributed by atoms with van der Waals surface area (Å²) in [5, 5.41) is 20.8. The first-order valence-corrected chi connectivity index (χ1v) is 10.8. The Morgan fingerprint density at radius 2 is 1.25 bits per heavy atom. The Bertz CT molecular complexity index is 1460. The highest BCUT2D eigenvalue weighted by Gasteiger charge is 2.20. The number of hydrogen-bond acceptors (Lipinski definition) is 2. The van der Waals surface area contributed by atoms with E-state index in [0.717, 1.165) is 21.9 Å². The van der Waals surface area contributed by atoms with E-state index in [1.807, 2.05) is 12.2 Å². The van der Waals surface area contributed by atoms with Crippen molar-refractivity contribution in [3.05, 3.63) is 108 Å². The molecule has 1 aliphatic carbocycles. The standard InChI is InChI=1S/C30H24N2/c1-3-9-21-19(2)10-8-15-22(21)30-25-13-6-4-11-23(25)29(24-12-5-7-14-26(24)30)20-16-17-27(31)28(32)18-20/h3-18,31-32H,1-2H3/b9-3-,31-27?,32-28?. The Labute approximate surface area is 188 Å². The first kappa shape index (κ1) is 19.9. The lowest BCUT2D eigenvalue weighted by atomic mass is 9.83. The van der Waals surface area contributed by atoms with Crippen molar-refractivity contribution < 1.29 is 0 Å². The fraction of sp³-hybridized carbons (Fsp3) is 0.0667. The van der Waals surface area contributed by atoms with Crippen molar-refractivity contribution in [3.63, 3.8) is 0 Å². The van der Waals surface area contributed by atoms with Crippen molar-refractivity contribution in [2.75, 3.05) is 0 Å². The lowest BCUT2D eigenvalue weighted by Gasteiger charge is -2.20. The highest BCUT2D eigenvalue weighted by molar-refractivity contribution is 6.50. The zero-order valence-corrected chi connectivity index (χ0v) is 18.2. The molecule has 32 heavy (non-hydrogen) atoms. The van der Waals surface area contributed by atoms with Crippen LogP contribution in [-0.4, -0.2) is 11.4 Å². The minimum Gasteiger partial charge on any atom is -0.299 e. The molecule has 0 aromatic heterocycles. The monoisotopic (exact) mass is 412 g/mol. The molecule has 0 saturated carbocycles. The summed E-state index contributed by atoms with van der Waals surface area (Å²) >= 11 is 0. The van der Waals surface area contributed by atoms with E-state index in [9.17, 15) is 0 Å². The molecule has 0 aliphatic heterocycles. The van der Waals surface area contributed by atoms with Crippen LogP contribution in [0.1, 0.15) is 23.6 Å². The van der Waals surface area contributed by atoms with Gasteiger partial charge in [-0.1, -0.05) is 85.0 Å². The van der Waals surface area contributed by atoms with E-state index in [0.29, 0.717) is 0 Å². The molecule has 0 fully saturated rings. The SMILES string of the molecule is C/C=C\c1c(C)cccc1-c1c2ccccc2c(C2=CC(=N)C(=N)C=C2)c2ccccc12. The lowest BCUT2D eigenvalue weighted by Crippen LogP contribution is -2.10. The van der Waals surface area contributed by atoms with E-state index in [-0.39, 0.29) is 11.4 Å². The number of nitrogens with one attached hydrogen (secondary N) is 2. The van der Waals surface area contributed by atoms with Gasteiger partial charge in [0.05, 0.1) is 11.4 Å². The maximum atomic E-state index is 8.21. The van der Waals surface area contributed by atoms with Crippen LogP contribution < -0.4 is 0 Å². The average Bonchev–Trinajstić information content (AvgIpc) is 2.81. The van der Waals surface area contributed by atoms with Crippen LogP contribution in [0.3, 0.4) is 0 Å². The Balaban J connectivity index is 1.97. The molecular formula is C30H24N2. The lowest BCUT2D eigenvalue weighted by molar-refractivity contribution is 1.44. The van der Waals surface area contributed by atoms with Crippen LogP contribution in [0.5, 0.6) is 0 Å². The maximum Gasteiger partial charge on any atom is 0.0795 e. The quantitative estimate of drug-likeness (QED) is 0.253. The molecular weight excluding hydrogens is 388 g/mol. The van der Waals surface area contributed by atoms with Crippen LogP contribution in [0.15, 0.2) is 91.0 Å². The van der Waals surface area contributed by atoms with Crippen LogP contribution in [-0.2, 0) is 0 Å². The van der Waals surface area contributed by atoms with Crippen LogP contribution in [0.25, 0.3) is 44.3 Å². The zero-order chi connectivity index (χ0) is 22.2. The average molecular weight is 413 g/mol. The van der Waals surface area contributed by atoms with Crippen molar-refractivity contribution in [1.29, 1.82) is 10.8 Å². The smallest absolute Gasteiger partial charge is 0.0795 e. The van der Waals surface area contributed by atoms with Crippen LogP contribution in [0, 0.1) is 17.7 Å². The summed E-state index contributed by atoms with van der Waals surface area (Å²) in [4.78, 5) is 0. The molecule has 0 saturated heterocycles. The summed E-state index contributed by atoms with van der Waals surface area (Å²) in [6, 6.07) is 23.6. The van der Waals surface area contributed by atoms with Crippen molar-refractivity contribution in [1.82, 2.24) is 0 Å². The van der Waals surface area contributed by atoms with Crippen LogP contribution >= 0.6 is 0 Å². The van der Waals surface area contributed by atoms with Crippen molar-refractivity contribution in [2.24, 2.45) is 0 Å². The summed E-state index contributed by atoms with van der Waals surface area (Å²) in [6.07, 6.45) is 9.80. The molecule has 0 atom stereocenters. The van der Waals surface area contributed by atoms with Gasteiger partial charge in [-0.05, 0) is 80.9 Å². The Morgan fingerprint density at radius 3 is 1.81 bits per heavy atom. The van der Waals surface area contributed by atoms with E-state index in [4.69, 9.17) is 10.8 Å². The predicted octanol–water partition coefficient (Wildman–Crippen LogP) is 7.99. The van der Waals surface area contributed by atoms with Gasteiger partial charge >= 0.3 is 0 Å². The minimum atomic E-state index is 0.244. The number of hydrogen-bond donors (Lipinski definition) is 2. The number of fused-ring (bicyclic) bond motifs is 2. The van der Waals surface area contributed by atoms with Gasteiger partial charge in [0.2, 0.25) is 0 Å². The summed E-state index contributed by atoms with van der Waals surface area (Å²) < 4.78 is 0. The van der Waals surface area contributed by atoms with Gasteiger partial charge in [0.15, 0.2) is 0 Å². The van der Waals surface area contributed by atoms with Crippen molar-refractivity contribution >= 4 is 44.6 Å². The van der Waals surface area contributed by atoms with Gasteiger partial charge in [0, 0.05) is 0 Å². The van der Waals surface area contributed by atoms with Gasteiger partial charge in [-0.3, -0.25) is 10.8 Å². The molecule has 2 heteroatoms. The topological polar surface area (TPSA) is 47.7 Å². The van der Waals surface area contributed by atoms with Crippen molar-refractivity contribution in [2.45, 2.75) is 13.8 Å². The Kier molecular flexibility index (Phi) is 4.91. The first-order valence-electron chi connectivity index (χ1n) is 10.8. The van der Waals surface area contributed by atoms with E-state index >= 15 is 0 Å². The molecule has 0 radical (unpaired) electrons. The Morgan fingerprint density at radius 1 is 0.656 bits per heavy atom. The molecule has 0 spiro atoms. The van der Waals surface area contributed by atoms with Gasteiger partial charge in [-0.2, -0.15) is 0 Å². The highest BCUT2D eigenvalue weighted by Crippen LogP contribution is 2.43. The van der Waals surface area contributed by atoms with Crippen LogP contribution in [0.4, 0.5) is 0 Å². The fourth-order valence-electron chi connectivity index (χ4n) is 4.72. The fourth-order valence-corrected chi connectivity index (χ4v) is 4.72. The molecule has 2 nitrogen and oxygen atoms in total. The molecule has 1 aliphatic rings. The number of rotatable bonds is 3. The number of benzene rings is 4. The van der Waals surface area contributed by atoms with E-state index in [2.05, 4.69) is 92.7 Å². The van der Waals surface area contributed by atoms with Gasteiger partial charge < -0.3 is 0 Å². The van der Waals surface area contributed by atoms with Gasteiger partial charge in [0.25, 0.3) is 0 Å². The molecule has 4 aromatic carbocycles. The molecule has 2 N–H and O–H groups in total. The molecule has 154 valence electrons. The van der Waals surface area contributed by atoms with E-state index in [1.54, 1.807) is 6.08 Å². The second kappa shape index (κ2) is 7.90. The van der Waals surface area contributed by atoms with Crippen LogP contribution in [0.2, 0.25) is 0 Å². The number of aryl methyl sites for hydroxylation is 1. The summed E-state index contributed by atoms with van der Waals surface area (Å²) in [7, 11) is 0. The molecule has 0 bridgehead atoms. The largest absolute Gasteiger partial charge is 0.299 e. The van der Waals surface area contributed by atoms with Gasteiger partial charge in [0.1, 0.15) is 0 Å². The van der Waals surface area contributed by atoms with Crippen molar-refractivity contribution in [3.8, 4) is 11.1 Å². The molecule has 5 rings (SSSR count). The zero-order valence-electron chi connectivity index (χ0n) is 18.2. The minimum absolute atomic E-state index is 0.244. The molecule has 0 unspecified atom stereocenters. The third-order valence-electron chi connectivity index (χ3n) is 6.17. The normalized spacial score (nSPS) is 14.0. The number of allylic oxidation sites excluding steroid dienone is 5. The third-order valence-corrected chi connectivity index (χ3v) is 6.17. The summed E-state index contributed by atoms with van der Waals surface area (Å²) in [5.41, 5.74) is 7.54.